The van der Waals surface area contributed by atoms with Crippen LogP contribution in [0.2, 0.25) is 0 Å². The number of nitrogens with zero attached hydrogens (tertiary/aromatic N) is 2. The van der Waals surface area contributed by atoms with Crippen LogP contribution in [0.3, 0.4) is 0 Å². The summed E-state index contributed by atoms with van der Waals surface area (Å²) in [6, 6.07) is 25.6. The van der Waals surface area contributed by atoms with Crippen LogP contribution in [-0.4, -0.2) is 24.5 Å². The fraction of sp³-hybridized carbons (Fsp3) is 0.0870. The molecule has 5 heteroatoms. The molecule has 140 valence electrons. The van der Waals surface area contributed by atoms with Crippen LogP contribution in [0.4, 0.5) is 11.4 Å². The Labute approximate surface area is 163 Å². The van der Waals surface area contributed by atoms with Crippen LogP contribution in [0.5, 0.6) is 0 Å². The van der Waals surface area contributed by atoms with Gasteiger partial charge in [0.1, 0.15) is 5.71 Å². The normalized spacial score (nSPS) is 11.0. The summed E-state index contributed by atoms with van der Waals surface area (Å²) in [4.78, 5) is 31.5. The first-order valence-electron chi connectivity index (χ1n) is 8.81. The minimum atomic E-state index is -0.606. The van der Waals surface area contributed by atoms with Gasteiger partial charge in [-0.05, 0) is 43.3 Å². The van der Waals surface area contributed by atoms with Crippen molar-refractivity contribution in [1.82, 2.24) is 0 Å². The van der Waals surface area contributed by atoms with Crippen molar-refractivity contribution in [2.45, 2.75) is 6.92 Å². The standard InChI is InChI=1S/C23H20N2O3/c1-17(24-28-23(27)18-10-5-3-6-11-18)22(26)19-12-9-15-21(16-19)25(2)20-13-7-4-8-14-20/h3-16H,1-2H3/b24-17+. The highest BCUT2D eigenvalue weighted by atomic mass is 16.7. The van der Waals surface area contributed by atoms with Crippen molar-refractivity contribution < 1.29 is 14.4 Å². The smallest absolute Gasteiger partial charge is 0.345 e. The Hall–Kier alpha value is -3.73. The van der Waals surface area contributed by atoms with Crippen molar-refractivity contribution in [3.05, 3.63) is 96.1 Å². The highest BCUT2D eigenvalue weighted by molar-refractivity contribution is 6.45. The maximum Gasteiger partial charge on any atom is 0.365 e. The lowest BCUT2D eigenvalue weighted by Crippen LogP contribution is -2.14. The first-order chi connectivity index (χ1) is 13.6. The van der Waals surface area contributed by atoms with Gasteiger partial charge < -0.3 is 9.74 Å². The largest absolute Gasteiger partial charge is 0.365 e. The number of anilines is 2. The number of hydrogen-bond donors (Lipinski definition) is 0. The molecule has 0 N–H and O–H groups in total. The number of Topliss-reactive ketones (excluding diaryl/α,β-unsaturated/α-hetero) is 1. The molecule has 28 heavy (non-hydrogen) atoms. The number of para-hydroxylation sites is 1. The Morgan fingerprint density at radius 1 is 0.786 bits per heavy atom. The molecule has 0 aliphatic heterocycles. The third-order valence-corrected chi connectivity index (χ3v) is 4.24. The number of hydrogen-bond acceptors (Lipinski definition) is 5. The van der Waals surface area contributed by atoms with Crippen LogP contribution in [0, 0.1) is 0 Å². The summed E-state index contributed by atoms with van der Waals surface area (Å²) >= 11 is 0. The zero-order valence-corrected chi connectivity index (χ0v) is 15.7. The highest BCUT2D eigenvalue weighted by Crippen LogP contribution is 2.24. The predicted molar refractivity (Wildman–Crippen MR) is 110 cm³/mol. The van der Waals surface area contributed by atoms with E-state index in [2.05, 4.69) is 5.16 Å². The van der Waals surface area contributed by atoms with E-state index in [1.165, 1.54) is 6.92 Å². The monoisotopic (exact) mass is 372 g/mol. The van der Waals surface area contributed by atoms with Gasteiger partial charge in [0.15, 0.2) is 0 Å². The number of rotatable bonds is 6. The number of oxime groups is 1. The van der Waals surface area contributed by atoms with Crippen molar-refractivity contribution in [1.29, 1.82) is 0 Å². The van der Waals surface area contributed by atoms with Gasteiger partial charge in [-0.1, -0.05) is 53.7 Å². The Bertz CT molecular complexity index is 999. The molecule has 0 amide bonds. The second kappa shape index (κ2) is 8.77. The summed E-state index contributed by atoms with van der Waals surface area (Å²) in [5, 5.41) is 3.71. The van der Waals surface area contributed by atoms with E-state index in [4.69, 9.17) is 4.84 Å². The number of benzene rings is 3. The van der Waals surface area contributed by atoms with Gasteiger partial charge in [-0.15, -0.1) is 0 Å². The molecule has 0 fully saturated rings. The molecule has 0 saturated carbocycles. The number of ketones is 1. The third-order valence-electron chi connectivity index (χ3n) is 4.24. The average molecular weight is 372 g/mol. The number of carbonyl (C=O) groups excluding carboxylic acids is 2. The van der Waals surface area contributed by atoms with E-state index in [-0.39, 0.29) is 11.5 Å². The second-order valence-electron chi connectivity index (χ2n) is 6.20. The third kappa shape index (κ3) is 4.51. The van der Waals surface area contributed by atoms with Crippen molar-refractivity contribution in [3.63, 3.8) is 0 Å². The Morgan fingerprint density at radius 2 is 1.36 bits per heavy atom. The molecule has 0 heterocycles. The molecular formula is C23H20N2O3. The maximum atomic E-state index is 12.7. The van der Waals surface area contributed by atoms with Crippen LogP contribution < -0.4 is 4.90 Å². The van der Waals surface area contributed by atoms with Crippen molar-refractivity contribution in [3.8, 4) is 0 Å². The van der Waals surface area contributed by atoms with Crippen molar-refractivity contribution in [2.24, 2.45) is 5.16 Å². The van der Waals surface area contributed by atoms with Gasteiger partial charge in [-0.25, -0.2) is 4.79 Å². The molecule has 0 saturated heterocycles. The molecule has 3 aromatic rings. The minimum absolute atomic E-state index is 0.101. The average Bonchev–Trinajstić information content (AvgIpc) is 2.77. The van der Waals surface area contributed by atoms with Crippen LogP contribution in [0.25, 0.3) is 0 Å². The molecule has 3 aromatic carbocycles. The van der Waals surface area contributed by atoms with Crippen LogP contribution >= 0.6 is 0 Å². The molecule has 0 aromatic heterocycles. The second-order valence-corrected chi connectivity index (χ2v) is 6.20. The molecule has 5 nitrogen and oxygen atoms in total. The van der Waals surface area contributed by atoms with E-state index in [1.807, 2.05) is 54.4 Å². The number of carbonyl (C=O) groups is 2. The molecule has 0 unspecified atom stereocenters. The molecule has 3 rings (SSSR count). The summed E-state index contributed by atoms with van der Waals surface area (Å²) in [5.74, 6) is -0.908. The topological polar surface area (TPSA) is 59.0 Å². The summed E-state index contributed by atoms with van der Waals surface area (Å²) in [6.45, 7) is 1.52. The summed E-state index contributed by atoms with van der Waals surface area (Å²) in [7, 11) is 1.93. The van der Waals surface area contributed by atoms with Gasteiger partial charge in [-0.3, -0.25) is 4.79 Å². The SMILES string of the molecule is C/C(=N\OC(=O)c1ccccc1)C(=O)c1cccc(N(C)c2ccccc2)c1. The summed E-state index contributed by atoms with van der Waals surface area (Å²) in [5.41, 5.74) is 2.82. The molecular weight excluding hydrogens is 352 g/mol. The predicted octanol–water partition coefficient (Wildman–Crippen LogP) is 4.87. The molecule has 0 spiro atoms. The zero-order chi connectivity index (χ0) is 19.9. The van der Waals surface area contributed by atoms with E-state index in [0.29, 0.717) is 11.1 Å². The summed E-state index contributed by atoms with van der Waals surface area (Å²) in [6.07, 6.45) is 0. The van der Waals surface area contributed by atoms with Gasteiger partial charge in [-0.2, -0.15) is 0 Å². The van der Waals surface area contributed by atoms with Gasteiger partial charge in [0.05, 0.1) is 5.56 Å². The van der Waals surface area contributed by atoms with E-state index in [0.717, 1.165) is 11.4 Å². The molecule has 0 aliphatic rings. The molecule has 0 atom stereocenters. The van der Waals surface area contributed by atoms with Gasteiger partial charge >= 0.3 is 5.97 Å². The highest BCUT2D eigenvalue weighted by Gasteiger charge is 2.14. The van der Waals surface area contributed by atoms with Crippen molar-refractivity contribution in [2.75, 3.05) is 11.9 Å². The summed E-state index contributed by atoms with van der Waals surface area (Å²) < 4.78 is 0. The Morgan fingerprint density at radius 3 is 2.04 bits per heavy atom. The lowest BCUT2D eigenvalue weighted by molar-refractivity contribution is 0.0515. The molecule has 0 aliphatic carbocycles. The Kier molecular flexibility index (Phi) is 5.97. The zero-order valence-electron chi connectivity index (χ0n) is 15.7. The fourth-order valence-electron chi connectivity index (χ4n) is 2.64. The molecule has 0 bridgehead atoms. The van der Waals surface area contributed by atoms with Crippen LogP contribution in [0.15, 0.2) is 90.1 Å². The van der Waals surface area contributed by atoms with Gasteiger partial charge in [0.2, 0.25) is 5.78 Å². The first kappa shape index (κ1) is 19.0. The van der Waals surface area contributed by atoms with Crippen molar-refractivity contribution >= 4 is 28.8 Å². The van der Waals surface area contributed by atoms with E-state index in [9.17, 15) is 9.59 Å². The van der Waals surface area contributed by atoms with E-state index in [1.54, 1.807) is 42.5 Å². The first-order valence-corrected chi connectivity index (χ1v) is 8.81. The van der Waals surface area contributed by atoms with E-state index >= 15 is 0 Å². The van der Waals surface area contributed by atoms with Gasteiger partial charge in [0.25, 0.3) is 0 Å². The van der Waals surface area contributed by atoms with E-state index < -0.39 is 5.97 Å². The maximum absolute atomic E-state index is 12.7. The fourth-order valence-corrected chi connectivity index (χ4v) is 2.64. The molecule has 0 radical (unpaired) electrons. The lowest BCUT2D eigenvalue weighted by atomic mass is 10.1. The van der Waals surface area contributed by atoms with Crippen LogP contribution in [0.1, 0.15) is 27.6 Å². The van der Waals surface area contributed by atoms with Gasteiger partial charge in [0, 0.05) is 24.0 Å². The Balaban J connectivity index is 1.74. The lowest BCUT2D eigenvalue weighted by Gasteiger charge is -2.20. The minimum Gasteiger partial charge on any atom is -0.345 e. The van der Waals surface area contributed by atoms with Crippen LogP contribution in [-0.2, 0) is 4.84 Å². The quantitative estimate of drug-likeness (QED) is 0.268.